The van der Waals surface area contributed by atoms with Gasteiger partial charge in [0.1, 0.15) is 0 Å². The van der Waals surface area contributed by atoms with Crippen molar-refractivity contribution in [3.8, 4) is 22.3 Å². The van der Waals surface area contributed by atoms with Crippen molar-refractivity contribution < 1.29 is 0 Å². The van der Waals surface area contributed by atoms with Crippen LogP contribution in [0.3, 0.4) is 0 Å². The van der Waals surface area contributed by atoms with E-state index in [1.165, 1.54) is 88.0 Å². The molecule has 0 fully saturated rings. The van der Waals surface area contributed by atoms with Crippen molar-refractivity contribution in [3.63, 3.8) is 0 Å². The number of hydrogen-bond acceptors (Lipinski definition) is 1. The Morgan fingerprint density at radius 3 is 1.31 bits per heavy atom. The molecule has 1 heteroatoms. The van der Waals surface area contributed by atoms with Gasteiger partial charge in [0.05, 0.1) is 5.41 Å². The van der Waals surface area contributed by atoms with Gasteiger partial charge >= 0.3 is 0 Å². The third-order valence-electron chi connectivity index (χ3n) is 13.5. The lowest BCUT2D eigenvalue weighted by Gasteiger charge is -2.34. The first kappa shape index (κ1) is 33.9. The summed E-state index contributed by atoms with van der Waals surface area (Å²) in [5.41, 5.74) is 16.0. The maximum absolute atomic E-state index is 2.47. The molecule has 0 unspecified atom stereocenters. The smallest absolute Gasteiger partial charge is 0.0713 e. The van der Waals surface area contributed by atoms with E-state index < -0.39 is 5.41 Å². The van der Waals surface area contributed by atoms with Gasteiger partial charge in [-0.25, -0.2) is 0 Å². The van der Waals surface area contributed by atoms with Crippen molar-refractivity contribution in [2.75, 3.05) is 4.90 Å². The lowest BCUT2D eigenvalue weighted by atomic mass is 9.68. The fourth-order valence-corrected chi connectivity index (χ4v) is 10.9. The second-order valence-electron chi connectivity index (χ2n) is 16.8. The minimum Gasteiger partial charge on any atom is -0.310 e. The van der Waals surface area contributed by atoms with E-state index in [1.807, 2.05) is 0 Å². The molecule has 12 rings (SSSR count). The molecule has 0 saturated heterocycles. The topological polar surface area (TPSA) is 3.24 Å². The molecule has 0 N–H and O–H groups in total. The highest BCUT2D eigenvalue weighted by molar-refractivity contribution is 6.25. The molecule has 2 aliphatic rings. The van der Waals surface area contributed by atoms with Gasteiger partial charge in [-0.05, 0) is 124 Å². The SMILES string of the molecule is CC1(C)c2ccccc2-c2ccc(N(c3ccc(C4(c5ccccc5)c5ccccc5-c5ccccc54)cc3)c3ccc4c5ccccc5c5ccccc5c4c3)cc21. The number of nitrogens with zero attached hydrogens (tertiary/aromatic N) is 1. The molecule has 1 nitrogen and oxygen atoms in total. The molecule has 10 aromatic rings. The summed E-state index contributed by atoms with van der Waals surface area (Å²) in [5.74, 6) is 0. The largest absolute Gasteiger partial charge is 0.310 e. The monoisotopic (exact) mass is 751 g/mol. The molecule has 278 valence electrons. The van der Waals surface area contributed by atoms with Crippen LogP contribution in [0.4, 0.5) is 17.1 Å². The highest BCUT2D eigenvalue weighted by Crippen LogP contribution is 2.57. The summed E-state index contributed by atoms with van der Waals surface area (Å²) < 4.78 is 0. The van der Waals surface area contributed by atoms with Crippen LogP contribution in [0.1, 0.15) is 47.2 Å². The zero-order chi connectivity index (χ0) is 39.3. The van der Waals surface area contributed by atoms with Crippen LogP contribution in [0.2, 0.25) is 0 Å². The van der Waals surface area contributed by atoms with Crippen molar-refractivity contribution >= 4 is 49.4 Å². The molecule has 0 saturated carbocycles. The van der Waals surface area contributed by atoms with Crippen LogP contribution >= 0.6 is 0 Å². The molecular formula is C58H41N. The third kappa shape index (κ3) is 4.73. The number of fused-ring (bicyclic) bond motifs is 12. The molecule has 0 heterocycles. The van der Waals surface area contributed by atoms with Gasteiger partial charge in [-0.1, -0.05) is 190 Å². The van der Waals surface area contributed by atoms with Crippen molar-refractivity contribution in [2.24, 2.45) is 0 Å². The van der Waals surface area contributed by atoms with E-state index in [-0.39, 0.29) is 5.41 Å². The van der Waals surface area contributed by atoms with Crippen LogP contribution in [0, 0.1) is 0 Å². The third-order valence-corrected chi connectivity index (χ3v) is 13.5. The Morgan fingerprint density at radius 2 is 0.695 bits per heavy atom. The molecule has 0 aromatic heterocycles. The lowest BCUT2D eigenvalue weighted by molar-refractivity contribution is 0.660. The predicted molar refractivity (Wildman–Crippen MR) is 249 cm³/mol. The average Bonchev–Trinajstić information content (AvgIpc) is 3.73. The quantitative estimate of drug-likeness (QED) is 0.158. The number of rotatable bonds is 5. The van der Waals surface area contributed by atoms with Gasteiger partial charge in [0.15, 0.2) is 0 Å². The minimum atomic E-state index is -0.454. The maximum Gasteiger partial charge on any atom is 0.0713 e. The fraction of sp³-hybridized carbons (Fsp3) is 0.0690. The molecule has 2 aliphatic carbocycles. The van der Waals surface area contributed by atoms with Gasteiger partial charge in [-0.15, -0.1) is 0 Å². The Bertz CT molecular complexity index is 3220. The Balaban J connectivity index is 1.09. The molecule has 0 aliphatic heterocycles. The van der Waals surface area contributed by atoms with Crippen LogP contribution in [-0.2, 0) is 10.8 Å². The predicted octanol–water partition coefficient (Wildman–Crippen LogP) is 15.3. The van der Waals surface area contributed by atoms with Crippen LogP contribution in [-0.4, -0.2) is 0 Å². The van der Waals surface area contributed by atoms with Crippen molar-refractivity contribution in [1.82, 2.24) is 0 Å². The minimum absolute atomic E-state index is 0.124. The van der Waals surface area contributed by atoms with Crippen molar-refractivity contribution in [3.05, 3.63) is 246 Å². The lowest BCUT2D eigenvalue weighted by Crippen LogP contribution is -2.28. The summed E-state index contributed by atoms with van der Waals surface area (Å²) in [5, 5.41) is 7.65. The zero-order valence-electron chi connectivity index (χ0n) is 33.2. The van der Waals surface area contributed by atoms with Gasteiger partial charge in [-0.2, -0.15) is 0 Å². The van der Waals surface area contributed by atoms with Gasteiger partial charge in [0.25, 0.3) is 0 Å². The molecule has 0 bridgehead atoms. The van der Waals surface area contributed by atoms with Crippen molar-refractivity contribution in [2.45, 2.75) is 24.7 Å². The van der Waals surface area contributed by atoms with Gasteiger partial charge in [0.2, 0.25) is 0 Å². The Labute approximate surface area is 345 Å². The second kappa shape index (κ2) is 12.6. The fourth-order valence-electron chi connectivity index (χ4n) is 10.9. The van der Waals surface area contributed by atoms with Crippen LogP contribution < -0.4 is 4.90 Å². The van der Waals surface area contributed by atoms with Crippen LogP contribution in [0.5, 0.6) is 0 Å². The molecule has 59 heavy (non-hydrogen) atoms. The molecule has 0 spiro atoms. The molecule has 0 amide bonds. The number of benzene rings is 10. The summed E-state index contributed by atoms with van der Waals surface area (Å²) in [6.07, 6.45) is 0. The summed E-state index contributed by atoms with van der Waals surface area (Å²) >= 11 is 0. The summed E-state index contributed by atoms with van der Waals surface area (Å²) in [4.78, 5) is 2.47. The van der Waals surface area contributed by atoms with E-state index in [1.54, 1.807) is 0 Å². The normalized spacial score (nSPS) is 14.2. The standard InChI is InChI=1S/C58H41N/c1-57(2)53-25-13-10-22-48(53)51-35-33-42(37-56(51)57)59(41-32-34-47-45-20-7-6-18-43(45)44-19-8-9-21-46(44)52(47)36-41)40-30-28-39(29-31-40)58(38-16-4-3-5-17-38)54-26-14-11-23-49(54)50-24-12-15-27-55(50)58/h3-37H,1-2H3. The van der Waals surface area contributed by atoms with Gasteiger partial charge in [0, 0.05) is 22.5 Å². The molecule has 0 radical (unpaired) electrons. The van der Waals surface area contributed by atoms with Crippen LogP contribution in [0.25, 0.3) is 54.6 Å². The highest BCUT2D eigenvalue weighted by atomic mass is 15.1. The number of hydrogen-bond donors (Lipinski definition) is 0. The van der Waals surface area contributed by atoms with E-state index in [4.69, 9.17) is 0 Å². The molecule has 0 atom stereocenters. The Morgan fingerprint density at radius 1 is 0.288 bits per heavy atom. The second-order valence-corrected chi connectivity index (χ2v) is 16.8. The summed E-state index contributed by atoms with van der Waals surface area (Å²) in [6.45, 7) is 4.74. The first-order valence-corrected chi connectivity index (χ1v) is 20.8. The van der Waals surface area contributed by atoms with E-state index in [2.05, 4.69) is 231 Å². The highest BCUT2D eigenvalue weighted by Gasteiger charge is 2.46. The number of anilines is 3. The van der Waals surface area contributed by atoms with E-state index in [0.29, 0.717) is 0 Å². The van der Waals surface area contributed by atoms with E-state index in [9.17, 15) is 0 Å². The van der Waals surface area contributed by atoms with Gasteiger partial charge in [-0.3, -0.25) is 0 Å². The first-order chi connectivity index (χ1) is 29.0. The Hall–Kier alpha value is -7.22. The van der Waals surface area contributed by atoms with Gasteiger partial charge < -0.3 is 4.90 Å². The first-order valence-electron chi connectivity index (χ1n) is 20.8. The molecular weight excluding hydrogens is 711 g/mol. The van der Waals surface area contributed by atoms with Crippen molar-refractivity contribution in [1.29, 1.82) is 0 Å². The van der Waals surface area contributed by atoms with E-state index in [0.717, 1.165) is 17.1 Å². The molecule has 10 aromatic carbocycles. The zero-order valence-corrected chi connectivity index (χ0v) is 33.2. The van der Waals surface area contributed by atoms with E-state index >= 15 is 0 Å². The summed E-state index contributed by atoms with van der Waals surface area (Å²) in [6, 6.07) is 79.3. The van der Waals surface area contributed by atoms with Crippen LogP contribution in [0.15, 0.2) is 212 Å². The Kier molecular flexibility index (Phi) is 7.26. The average molecular weight is 752 g/mol. The summed E-state index contributed by atoms with van der Waals surface area (Å²) in [7, 11) is 0. The maximum atomic E-state index is 2.47.